The Balaban J connectivity index is 2.57. The zero-order valence-corrected chi connectivity index (χ0v) is 11.2. The van der Waals surface area contributed by atoms with Crippen LogP contribution in [0.2, 0.25) is 0 Å². The van der Waals surface area contributed by atoms with E-state index in [4.69, 9.17) is 9.84 Å². The molecule has 6 nitrogen and oxygen atoms in total. The molecule has 0 aromatic heterocycles. The van der Waals surface area contributed by atoms with Crippen LogP contribution in [0.3, 0.4) is 0 Å². The number of aliphatic carboxylic acids is 1. The fourth-order valence-corrected chi connectivity index (χ4v) is 2.28. The molecule has 1 saturated heterocycles. The molecule has 1 aliphatic heterocycles. The maximum absolute atomic E-state index is 12.1. The molecule has 0 aliphatic carbocycles. The van der Waals surface area contributed by atoms with Crippen molar-refractivity contribution >= 4 is 12.0 Å². The highest BCUT2D eigenvalue weighted by Gasteiger charge is 2.32. The first-order chi connectivity index (χ1) is 8.35. The second kappa shape index (κ2) is 6.04. The summed E-state index contributed by atoms with van der Waals surface area (Å²) in [6.45, 7) is 4.77. The molecule has 1 unspecified atom stereocenters. The van der Waals surface area contributed by atoms with E-state index in [2.05, 4.69) is 5.32 Å². The lowest BCUT2D eigenvalue weighted by Crippen LogP contribution is -2.53. The minimum Gasteiger partial charge on any atom is -0.481 e. The van der Waals surface area contributed by atoms with Crippen molar-refractivity contribution in [2.24, 2.45) is 0 Å². The molecule has 0 spiro atoms. The van der Waals surface area contributed by atoms with Gasteiger partial charge in [-0.3, -0.25) is 4.79 Å². The largest absolute Gasteiger partial charge is 0.481 e. The van der Waals surface area contributed by atoms with Crippen molar-refractivity contribution in [3.63, 3.8) is 0 Å². The Hall–Kier alpha value is -1.30. The Labute approximate surface area is 107 Å². The number of nitrogens with one attached hydrogen (secondary N) is 1. The van der Waals surface area contributed by atoms with Crippen LogP contribution in [0.5, 0.6) is 0 Å². The van der Waals surface area contributed by atoms with E-state index in [0.717, 1.165) is 12.8 Å². The van der Waals surface area contributed by atoms with Crippen molar-refractivity contribution in [2.45, 2.75) is 44.7 Å². The van der Waals surface area contributed by atoms with E-state index in [1.54, 1.807) is 12.0 Å². The first kappa shape index (κ1) is 14.8. The van der Waals surface area contributed by atoms with Crippen LogP contribution in [0, 0.1) is 0 Å². The lowest BCUT2D eigenvalue weighted by Gasteiger charge is -2.31. The lowest BCUT2D eigenvalue weighted by molar-refractivity contribution is -0.137. The van der Waals surface area contributed by atoms with Crippen molar-refractivity contribution in [3.05, 3.63) is 0 Å². The number of nitrogens with zero attached hydrogens (tertiary/aromatic N) is 1. The number of hydrogen-bond donors (Lipinski definition) is 2. The number of carboxylic acids is 1. The van der Waals surface area contributed by atoms with Gasteiger partial charge in [-0.05, 0) is 26.7 Å². The van der Waals surface area contributed by atoms with Gasteiger partial charge in [0.05, 0.1) is 18.6 Å². The average Bonchev–Trinajstić information content (AvgIpc) is 2.63. The molecule has 1 heterocycles. The van der Waals surface area contributed by atoms with Crippen molar-refractivity contribution in [2.75, 3.05) is 20.3 Å². The summed E-state index contributed by atoms with van der Waals surface area (Å²) in [6, 6.07) is -0.401. The number of urea groups is 1. The Morgan fingerprint density at radius 1 is 1.50 bits per heavy atom. The Kier molecular flexibility index (Phi) is 4.95. The van der Waals surface area contributed by atoms with Gasteiger partial charge in [-0.15, -0.1) is 0 Å². The van der Waals surface area contributed by atoms with Gasteiger partial charge in [0.15, 0.2) is 0 Å². The van der Waals surface area contributed by atoms with Crippen molar-refractivity contribution in [1.82, 2.24) is 10.2 Å². The smallest absolute Gasteiger partial charge is 0.318 e. The number of methoxy groups -OCH3 is 1. The number of carbonyl (C=O) groups excluding carboxylic acids is 1. The van der Waals surface area contributed by atoms with E-state index < -0.39 is 11.5 Å². The number of carbonyl (C=O) groups is 2. The van der Waals surface area contributed by atoms with Crippen LogP contribution in [0.4, 0.5) is 4.79 Å². The van der Waals surface area contributed by atoms with Gasteiger partial charge in [-0.1, -0.05) is 0 Å². The highest BCUT2D eigenvalue weighted by Crippen LogP contribution is 2.20. The standard InChI is InChI=1S/C12H22N2O4/c1-12(2,8-18-3)13-11(17)14-6-4-5-9(14)7-10(15)16/h9H,4-8H2,1-3H3,(H,13,17)(H,15,16). The molecule has 1 fully saturated rings. The first-order valence-corrected chi connectivity index (χ1v) is 6.15. The third-order valence-corrected chi connectivity index (χ3v) is 3.00. The molecule has 1 atom stereocenters. The van der Waals surface area contributed by atoms with Crippen LogP contribution >= 0.6 is 0 Å². The Morgan fingerprint density at radius 2 is 2.17 bits per heavy atom. The van der Waals surface area contributed by atoms with Gasteiger partial charge in [0.25, 0.3) is 0 Å². The van der Waals surface area contributed by atoms with Gasteiger partial charge < -0.3 is 20.1 Å². The molecule has 0 aromatic rings. The normalized spacial score (nSPS) is 19.9. The van der Waals surface area contributed by atoms with Crippen LogP contribution in [-0.2, 0) is 9.53 Å². The fraction of sp³-hybridized carbons (Fsp3) is 0.833. The molecule has 2 amide bonds. The molecule has 1 rings (SSSR count). The van der Waals surface area contributed by atoms with Gasteiger partial charge in [0.2, 0.25) is 0 Å². The molecular formula is C12H22N2O4. The molecule has 0 radical (unpaired) electrons. The fourth-order valence-electron chi connectivity index (χ4n) is 2.28. The van der Waals surface area contributed by atoms with Crippen LogP contribution in [0.1, 0.15) is 33.1 Å². The second-order valence-electron chi connectivity index (χ2n) is 5.33. The third-order valence-electron chi connectivity index (χ3n) is 3.00. The third kappa shape index (κ3) is 4.18. The molecular weight excluding hydrogens is 236 g/mol. The number of hydrogen-bond acceptors (Lipinski definition) is 3. The van der Waals surface area contributed by atoms with Gasteiger partial charge in [-0.25, -0.2) is 4.79 Å². The summed E-state index contributed by atoms with van der Waals surface area (Å²) < 4.78 is 5.03. The number of likely N-dealkylation sites (tertiary alicyclic amines) is 1. The summed E-state index contributed by atoms with van der Waals surface area (Å²) in [6.07, 6.45) is 1.62. The summed E-state index contributed by atoms with van der Waals surface area (Å²) in [4.78, 5) is 24.4. The summed E-state index contributed by atoms with van der Waals surface area (Å²) in [5.41, 5.74) is -0.456. The van der Waals surface area contributed by atoms with Crippen molar-refractivity contribution < 1.29 is 19.4 Å². The van der Waals surface area contributed by atoms with Crippen molar-refractivity contribution in [3.8, 4) is 0 Å². The maximum atomic E-state index is 12.1. The average molecular weight is 258 g/mol. The highest BCUT2D eigenvalue weighted by molar-refractivity contribution is 5.77. The Morgan fingerprint density at radius 3 is 2.72 bits per heavy atom. The molecule has 104 valence electrons. The van der Waals surface area contributed by atoms with Crippen LogP contribution in [0.15, 0.2) is 0 Å². The monoisotopic (exact) mass is 258 g/mol. The van der Waals surface area contributed by atoms with E-state index in [1.165, 1.54) is 0 Å². The van der Waals surface area contributed by atoms with Gasteiger partial charge in [0.1, 0.15) is 0 Å². The molecule has 1 aliphatic rings. The molecule has 0 aromatic carbocycles. The predicted octanol–water partition coefficient (Wildman–Crippen LogP) is 1.06. The van der Waals surface area contributed by atoms with E-state index in [1.807, 2.05) is 13.8 Å². The minimum absolute atomic E-state index is 0.0120. The van der Waals surface area contributed by atoms with E-state index in [-0.39, 0.29) is 18.5 Å². The van der Waals surface area contributed by atoms with E-state index >= 15 is 0 Å². The highest BCUT2D eigenvalue weighted by atomic mass is 16.5. The number of ether oxygens (including phenoxy) is 1. The van der Waals surface area contributed by atoms with E-state index in [0.29, 0.717) is 13.2 Å². The SMILES string of the molecule is COCC(C)(C)NC(=O)N1CCCC1CC(=O)O. The maximum Gasteiger partial charge on any atom is 0.318 e. The quantitative estimate of drug-likeness (QED) is 0.773. The van der Waals surface area contributed by atoms with Crippen LogP contribution in [0.25, 0.3) is 0 Å². The predicted molar refractivity (Wildman–Crippen MR) is 66.5 cm³/mol. The van der Waals surface area contributed by atoms with Crippen LogP contribution < -0.4 is 5.32 Å². The minimum atomic E-state index is -0.865. The number of amides is 2. The number of rotatable bonds is 5. The van der Waals surface area contributed by atoms with Gasteiger partial charge in [0, 0.05) is 19.7 Å². The van der Waals surface area contributed by atoms with Gasteiger partial charge in [-0.2, -0.15) is 0 Å². The summed E-state index contributed by atoms with van der Waals surface area (Å²) >= 11 is 0. The molecule has 0 bridgehead atoms. The van der Waals surface area contributed by atoms with E-state index in [9.17, 15) is 9.59 Å². The van der Waals surface area contributed by atoms with Gasteiger partial charge >= 0.3 is 12.0 Å². The summed E-state index contributed by atoms with van der Waals surface area (Å²) in [5, 5.41) is 11.7. The summed E-state index contributed by atoms with van der Waals surface area (Å²) in [7, 11) is 1.58. The lowest BCUT2D eigenvalue weighted by atomic mass is 10.1. The summed E-state index contributed by atoms with van der Waals surface area (Å²) in [5.74, 6) is -0.865. The molecule has 18 heavy (non-hydrogen) atoms. The molecule has 2 N–H and O–H groups in total. The van der Waals surface area contributed by atoms with Crippen LogP contribution in [-0.4, -0.2) is 53.8 Å². The zero-order chi connectivity index (χ0) is 13.8. The Bertz CT molecular complexity index is 317. The molecule has 6 heteroatoms. The zero-order valence-electron chi connectivity index (χ0n) is 11.2. The topological polar surface area (TPSA) is 78.9 Å². The van der Waals surface area contributed by atoms with Crippen molar-refractivity contribution in [1.29, 1.82) is 0 Å². The first-order valence-electron chi connectivity index (χ1n) is 6.15. The second-order valence-corrected chi connectivity index (χ2v) is 5.33. The number of carboxylic acid groups (broad SMARTS) is 1. The molecule has 0 saturated carbocycles.